The van der Waals surface area contributed by atoms with Crippen molar-refractivity contribution in [3.63, 3.8) is 0 Å². The first-order chi connectivity index (χ1) is 5.86. The molecule has 0 aromatic heterocycles. The molecule has 13 heavy (non-hydrogen) atoms. The predicted octanol–water partition coefficient (Wildman–Crippen LogP) is 1.93. The molecule has 2 nitrogen and oxygen atoms in total. The van der Waals surface area contributed by atoms with E-state index in [0.717, 1.165) is 12.8 Å². The molecule has 4 atom stereocenters. The highest BCUT2D eigenvalue weighted by Crippen LogP contribution is 2.51. The van der Waals surface area contributed by atoms with Crippen LogP contribution in [0.1, 0.15) is 33.6 Å². The van der Waals surface area contributed by atoms with Crippen molar-refractivity contribution < 1.29 is 9.84 Å². The van der Waals surface area contributed by atoms with Crippen molar-refractivity contribution in [1.82, 2.24) is 0 Å². The zero-order valence-corrected chi connectivity index (χ0v) is 9.14. The summed E-state index contributed by atoms with van der Waals surface area (Å²) in [6.07, 6.45) is 1.39. The molecule has 2 saturated heterocycles. The molecular weight excluding hydrogens is 188 g/mol. The van der Waals surface area contributed by atoms with Gasteiger partial charge in [-0.25, -0.2) is 0 Å². The van der Waals surface area contributed by atoms with Crippen LogP contribution in [-0.2, 0) is 4.74 Å². The number of fused-ring (bicyclic) bond motifs is 3. The number of aliphatic hydroxyl groups excluding tert-OH is 1. The van der Waals surface area contributed by atoms with Gasteiger partial charge in [-0.05, 0) is 39.5 Å². The molecular formula is C10H17ClO2. The Balaban J connectivity index is 2.32. The summed E-state index contributed by atoms with van der Waals surface area (Å²) in [5, 5.41) is 9.80. The van der Waals surface area contributed by atoms with E-state index in [9.17, 15) is 5.11 Å². The number of ether oxygens (including phenoxy) is 1. The minimum atomic E-state index is -0.542. The van der Waals surface area contributed by atoms with Crippen molar-refractivity contribution in [2.45, 2.75) is 56.3 Å². The largest absolute Gasteiger partial charge is 0.390 e. The molecule has 3 fully saturated rings. The van der Waals surface area contributed by atoms with Crippen LogP contribution in [0, 0.1) is 5.92 Å². The Kier molecular flexibility index (Phi) is 1.96. The lowest BCUT2D eigenvalue weighted by Gasteiger charge is -2.58. The van der Waals surface area contributed by atoms with Crippen LogP contribution in [0.5, 0.6) is 0 Å². The second kappa shape index (κ2) is 2.62. The van der Waals surface area contributed by atoms with Crippen LogP contribution >= 0.6 is 11.6 Å². The molecule has 3 rings (SSSR count). The lowest BCUT2D eigenvalue weighted by molar-refractivity contribution is -0.270. The maximum Gasteiger partial charge on any atom is 0.108 e. The third-order valence-corrected chi connectivity index (χ3v) is 4.36. The molecule has 0 spiro atoms. The number of hydrogen-bond acceptors (Lipinski definition) is 2. The summed E-state index contributed by atoms with van der Waals surface area (Å²) in [6.45, 7) is 6.10. The average Bonchev–Trinajstić information content (AvgIpc) is 1.96. The normalized spacial score (nSPS) is 53.8. The van der Waals surface area contributed by atoms with Crippen molar-refractivity contribution in [2.24, 2.45) is 5.92 Å². The first kappa shape index (κ1) is 9.75. The second-order valence-corrected chi connectivity index (χ2v) is 5.57. The molecule has 0 unspecified atom stereocenters. The Hall–Kier alpha value is 0.210. The van der Waals surface area contributed by atoms with E-state index < -0.39 is 11.7 Å². The Morgan fingerprint density at radius 1 is 1.31 bits per heavy atom. The van der Waals surface area contributed by atoms with E-state index in [1.165, 1.54) is 0 Å². The van der Waals surface area contributed by atoms with Crippen molar-refractivity contribution in [3.05, 3.63) is 0 Å². The summed E-state index contributed by atoms with van der Waals surface area (Å²) in [5.74, 6) is 0.395. The predicted molar refractivity (Wildman–Crippen MR) is 51.9 cm³/mol. The summed E-state index contributed by atoms with van der Waals surface area (Å²) in [4.78, 5) is 0. The van der Waals surface area contributed by atoms with Crippen molar-refractivity contribution in [3.8, 4) is 0 Å². The van der Waals surface area contributed by atoms with E-state index in [4.69, 9.17) is 16.3 Å². The van der Waals surface area contributed by atoms with Gasteiger partial charge in [0.2, 0.25) is 0 Å². The van der Waals surface area contributed by atoms with Gasteiger partial charge < -0.3 is 9.84 Å². The molecule has 3 aliphatic rings. The van der Waals surface area contributed by atoms with E-state index in [2.05, 4.69) is 13.8 Å². The van der Waals surface area contributed by atoms with Crippen LogP contribution in [0.2, 0.25) is 0 Å². The van der Waals surface area contributed by atoms with Gasteiger partial charge in [-0.3, -0.25) is 0 Å². The number of aliphatic hydroxyl groups is 1. The molecule has 76 valence electrons. The van der Waals surface area contributed by atoms with Crippen LogP contribution in [-0.4, -0.2) is 27.8 Å². The molecule has 0 amide bonds. The van der Waals surface area contributed by atoms with E-state index in [0.29, 0.717) is 5.92 Å². The fourth-order valence-electron chi connectivity index (χ4n) is 2.64. The van der Waals surface area contributed by atoms with Crippen molar-refractivity contribution in [2.75, 3.05) is 0 Å². The van der Waals surface area contributed by atoms with Crippen LogP contribution in [0.25, 0.3) is 0 Å². The van der Waals surface area contributed by atoms with E-state index in [1.54, 1.807) is 0 Å². The first-order valence-corrected chi connectivity index (χ1v) is 5.32. The summed E-state index contributed by atoms with van der Waals surface area (Å²) in [7, 11) is 0. The maximum atomic E-state index is 9.85. The monoisotopic (exact) mass is 204 g/mol. The third kappa shape index (κ3) is 1.23. The quantitative estimate of drug-likeness (QED) is 0.611. The highest BCUT2D eigenvalue weighted by molar-refractivity contribution is 6.21. The van der Waals surface area contributed by atoms with E-state index in [1.807, 2.05) is 6.92 Å². The van der Waals surface area contributed by atoms with Crippen LogP contribution in [0.3, 0.4) is 0 Å². The van der Waals surface area contributed by atoms with Gasteiger partial charge in [0, 0.05) is 0 Å². The Bertz CT molecular complexity index is 215. The van der Waals surface area contributed by atoms with Crippen LogP contribution < -0.4 is 0 Å². The SMILES string of the molecule is CC1(C)O[C@@]2(C)[C@H](O)C[C@@H]1C[C@@H]2Cl. The molecule has 1 saturated carbocycles. The highest BCUT2D eigenvalue weighted by Gasteiger charge is 2.58. The molecule has 2 bridgehead atoms. The maximum absolute atomic E-state index is 9.85. The Morgan fingerprint density at radius 2 is 1.92 bits per heavy atom. The van der Waals surface area contributed by atoms with Gasteiger partial charge in [-0.1, -0.05) is 0 Å². The van der Waals surface area contributed by atoms with Crippen molar-refractivity contribution in [1.29, 1.82) is 0 Å². The van der Waals surface area contributed by atoms with Gasteiger partial charge in [0.25, 0.3) is 0 Å². The number of rotatable bonds is 0. The summed E-state index contributed by atoms with van der Waals surface area (Å²) in [5.41, 5.74) is -0.667. The second-order valence-electron chi connectivity index (χ2n) is 5.04. The lowest BCUT2D eigenvalue weighted by atomic mass is 9.67. The van der Waals surface area contributed by atoms with Gasteiger partial charge in [0.15, 0.2) is 0 Å². The molecule has 0 aromatic rings. The van der Waals surface area contributed by atoms with E-state index in [-0.39, 0.29) is 11.0 Å². The molecule has 0 aromatic carbocycles. The molecule has 2 aliphatic heterocycles. The number of halogens is 1. The standard InChI is InChI=1S/C10H17ClO2/c1-9(2)6-4-7(11)10(3,13-9)8(12)5-6/h6-8,12H,4-5H2,1-3H3/t6-,7-,8+,10+/m0/s1. The van der Waals surface area contributed by atoms with Gasteiger partial charge in [-0.2, -0.15) is 0 Å². The minimum absolute atomic E-state index is 0.0470. The molecule has 0 radical (unpaired) electrons. The van der Waals surface area contributed by atoms with Crippen LogP contribution in [0.15, 0.2) is 0 Å². The molecule has 2 heterocycles. The highest BCUT2D eigenvalue weighted by atomic mass is 35.5. The molecule has 1 N–H and O–H groups in total. The molecule has 1 aliphatic carbocycles. The summed E-state index contributed by atoms with van der Waals surface area (Å²) < 4.78 is 5.90. The number of hydrogen-bond donors (Lipinski definition) is 1. The van der Waals surface area contributed by atoms with Crippen molar-refractivity contribution >= 4 is 11.6 Å². The summed E-state index contributed by atoms with van der Waals surface area (Å²) >= 11 is 6.19. The lowest BCUT2D eigenvalue weighted by Crippen LogP contribution is -2.66. The fraction of sp³-hybridized carbons (Fsp3) is 1.00. The minimum Gasteiger partial charge on any atom is -0.390 e. The number of alkyl halides is 1. The smallest absolute Gasteiger partial charge is 0.108 e. The third-order valence-electron chi connectivity index (χ3n) is 3.75. The van der Waals surface area contributed by atoms with Gasteiger partial charge in [0.1, 0.15) is 5.60 Å². The van der Waals surface area contributed by atoms with Gasteiger partial charge in [0.05, 0.1) is 17.1 Å². The van der Waals surface area contributed by atoms with E-state index >= 15 is 0 Å². The van der Waals surface area contributed by atoms with Gasteiger partial charge >= 0.3 is 0 Å². The van der Waals surface area contributed by atoms with Crippen LogP contribution in [0.4, 0.5) is 0 Å². The summed E-state index contributed by atoms with van der Waals surface area (Å²) in [6, 6.07) is 0. The molecule has 3 heteroatoms. The first-order valence-electron chi connectivity index (χ1n) is 4.88. The average molecular weight is 205 g/mol. The Morgan fingerprint density at radius 3 is 2.38 bits per heavy atom. The topological polar surface area (TPSA) is 29.5 Å². The zero-order valence-electron chi connectivity index (χ0n) is 8.38. The Labute approximate surface area is 84.2 Å². The zero-order chi connectivity index (χ0) is 9.85. The van der Waals surface area contributed by atoms with Gasteiger partial charge in [-0.15, -0.1) is 11.6 Å². The fourth-order valence-corrected chi connectivity index (χ4v) is 3.05.